The Balaban J connectivity index is 1.33. The van der Waals surface area contributed by atoms with Gasteiger partial charge in [-0.15, -0.1) is 0 Å². The van der Waals surface area contributed by atoms with Gasteiger partial charge in [-0.05, 0) is 49.2 Å². The molecule has 1 fully saturated rings. The second-order valence-corrected chi connectivity index (χ2v) is 9.57. The van der Waals surface area contributed by atoms with E-state index in [1.54, 1.807) is 60.7 Å². The number of benzene rings is 4. The minimum absolute atomic E-state index is 0.189. The van der Waals surface area contributed by atoms with Gasteiger partial charge >= 0.3 is 11.9 Å². The van der Waals surface area contributed by atoms with Crippen LogP contribution in [-0.2, 0) is 5.41 Å². The van der Waals surface area contributed by atoms with Gasteiger partial charge in [-0.2, -0.15) is 0 Å². The van der Waals surface area contributed by atoms with Gasteiger partial charge in [-0.3, -0.25) is 0 Å². The summed E-state index contributed by atoms with van der Waals surface area (Å²) in [6.07, 6.45) is 5.45. The minimum atomic E-state index is -0.417. The average molecular weight is 491 g/mol. The lowest BCUT2D eigenvalue weighted by atomic mass is 9.64. The van der Waals surface area contributed by atoms with Gasteiger partial charge in [-0.1, -0.05) is 67.8 Å². The Morgan fingerprint density at radius 3 is 1.51 bits per heavy atom. The first-order valence-corrected chi connectivity index (χ1v) is 12.6. The molecular weight excluding hydrogens is 464 g/mol. The van der Waals surface area contributed by atoms with Crippen molar-refractivity contribution in [3.63, 3.8) is 0 Å². The zero-order valence-electron chi connectivity index (χ0n) is 20.3. The van der Waals surface area contributed by atoms with Crippen LogP contribution in [0.4, 0.5) is 0 Å². The number of carbonyl (C=O) groups is 2. The Labute approximate surface area is 215 Å². The third-order valence-electron chi connectivity index (χ3n) is 7.30. The monoisotopic (exact) mass is 490 g/mol. The van der Waals surface area contributed by atoms with Crippen molar-refractivity contribution in [3.8, 4) is 23.0 Å². The summed E-state index contributed by atoms with van der Waals surface area (Å²) in [6, 6.07) is 29.2. The quantitative estimate of drug-likeness (QED) is 0.219. The van der Waals surface area contributed by atoms with Crippen molar-refractivity contribution in [2.24, 2.45) is 0 Å². The summed E-state index contributed by atoms with van der Waals surface area (Å²) in [4.78, 5) is 25.3. The van der Waals surface area contributed by atoms with Crippen LogP contribution in [-0.4, -0.2) is 11.9 Å². The molecule has 5 nitrogen and oxygen atoms in total. The highest BCUT2D eigenvalue weighted by Gasteiger charge is 2.43. The zero-order chi connectivity index (χ0) is 25.2. The molecule has 4 aromatic rings. The molecule has 4 aromatic carbocycles. The molecule has 0 saturated heterocycles. The molecule has 2 aliphatic rings. The Morgan fingerprint density at radius 2 is 1.05 bits per heavy atom. The number of ether oxygens (including phenoxy) is 3. The number of fused-ring (bicyclic) bond motifs is 4. The van der Waals surface area contributed by atoms with Gasteiger partial charge in [0.2, 0.25) is 0 Å². The van der Waals surface area contributed by atoms with E-state index in [0.717, 1.165) is 36.8 Å². The Kier molecular flexibility index (Phi) is 5.97. The summed E-state index contributed by atoms with van der Waals surface area (Å²) in [6.45, 7) is 0. The number of carbonyl (C=O) groups excluding carboxylic acids is 2. The van der Waals surface area contributed by atoms with Crippen LogP contribution in [0.5, 0.6) is 23.0 Å². The molecule has 184 valence electrons. The molecule has 0 atom stereocenters. The molecule has 1 aliphatic heterocycles. The molecule has 0 radical (unpaired) electrons. The zero-order valence-corrected chi connectivity index (χ0v) is 20.3. The highest BCUT2D eigenvalue weighted by Crippen LogP contribution is 2.56. The van der Waals surface area contributed by atoms with E-state index in [9.17, 15) is 9.59 Å². The summed E-state index contributed by atoms with van der Waals surface area (Å²) in [5.41, 5.74) is 2.99. The van der Waals surface area contributed by atoms with E-state index in [1.807, 2.05) is 36.4 Å². The molecule has 0 bridgehead atoms. The third-order valence-corrected chi connectivity index (χ3v) is 7.30. The van der Waals surface area contributed by atoms with Gasteiger partial charge in [0.25, 0.3) is 0 Å². The largest absolute Gasteiger partial charge is 0.456 e. The maximum atomic E-state index is 12.6. The maximum absolute atomic E-state index is 12.6. The van der Waals surface area contributed by atoms with Crippen LogP contribution in [0.2, 0.25) is 0 Å². The maximum Gasteiger partial charge on any atom is 0.343 e. The molecule has 1 saturated carbocycles. The molecule has 0 amide bonds. The van der Waals surface area contributed by atoms with Crippen molar-refractivity contribution in [1.82, 2.24) is 0 Å². The summed E-state index contributed by atoms with van der Waals surface area (Å²) in [7, 11) is 0. The SMILES string of the molecule is O=C(Oc1ccc2c(c1)Oc1cc(OC(=O)c3ccccc3)ccc1C21CCCCC1)c1ccccc1. The van der Waals surface area contributed by atoms with Crippen LogP contribution in [0.25, 0.3) is 0 Å². The first-order chi connectivity index (χ1) is 18.1. The number of esters is 2. The van der Waals surface area contributed by atoms with Crippen molar-refractivity contribution in [2.75, 3.05) is 0 Å². The van der Waals surface area contributed by atoms with Crippen molar-refractivity contribution < 1.29 is 23.8 Å². The topological polar surface area (TPSA) is 61.8 Å². The van der Waals surface area contributed by atoms with Crippen molar-refractivity contribution >= 4 is 11.9 Å². The van der Waals surface area contributed by atoms with E-state index in [0.29, 0.717) is 34.1 Å². The van der Waals surface area contributed by atoms with Crippen LogP contribution < -0.4 is 14.2 Å². The number of hydrogen-bond acceptors (Lipinski definition) is 5. The van der Waals surface area contributed by atoms with E-state index in [1.165, 1.54) is 6.42 Å². The third kappa shape index (κ3) is 4.38. The molecule has 37 heavy (non-hydrogen) atoms. The summed E-state index contributed by atoms with van der Waals surface area (Å²) >= 11 is 0. The standard InChI is InChI=1S/C32H26O5/c33-30(22-10-4-1-5-11-22)35-24-14-16-26-28(20-24)37-29-21-25(36-31(34)23-12-6-2-7-13-23)15-17-27(29)32(26)18-8-3-9-19-32/h1-2,4-7,10-17,20-21H,3,8-9,18-19H2. The fourth-order valence-electron chi connectivity index (χ4n) is 5.53. The van der Waals surface area contributed by atoms with Gasteiger partial charge in [0, 0.05) is 28.7 Å². The second kappa shape index (κ2) is 9.58. The fourth-order valence-corrected chi connectivity index (χ4v) is 5.53. The van der Waals surface area contributed by atoms with E-state index in [4.69, 9.17) is 14.2 Å². The summed E-state index contributed by atoms with van der Waals surface area (Å²) in [5, 5.41) is 0. The Hall–Kier alpha value is -4.38. The van der Waals surface area contributed by atoms with Gasteiger partial charge < -0.3 is 14.2 Å². The Bertz CT molecular complexity index is 1350. The first-order valence-electron chi connectivity index (χ1n) is 12.6. The molecule has 5 heteroatoms. The van der Waals surface area contributed by atoms with Crippen LogP contribution in [0, 0.1) is 0 Å². The van der Waals surface area contributed by atoms with Crippen LogP contribution in [0.15, 0.2) is 97.1 Å². The highest BCUT2D eigenvalue weighted by molar-refractivity contribution is 5.91. The summed E-state index contributed by atoms with van der Waals surface area (Å²) < 4.78 is 17.7. The predicted molar refractivity (Wildman–Crippen MR) is 140 cm³/mol. The molecule has 6 rings (SSSR count). The molecule has 1 spiro atoms. The van der Waals surface area contributed by atoms with E-state index in [-0.39, 0.29) is 5.41 Å². The lowest BCUT2D eigenvalue weighted by Crippen LogP contribution is -2.33. The molecule has 0 N–H and O–H groups in total. The summed E-state index contributed by atoms with van der Waals surface area (Å²) in [5.74, 6) is 1.35. The van der Waals surface area contributed by atoms with Gasteiger partial charge in [0.1, 0.15) is 23.0 Å². The van der Waals surface area contributed by atoms with Crippen molar-refractivity contribution in [2.45, 2.75) is 37.5 Å². The minimum Gasteiger partial charge on any atom is -0.456 e. The molecular formula is C32H26O5. The van der Waals surface area contributed by atoms with Crippen LogP contribution in [0.1, 0.15) is 63.9 Å². The number of hydrogen-bond donors (Lipinski definition) is 0. The molecule has 1 heterocycles. The lowest BCUT2D eigenvalue weighted by Gasteiger charge is -2.43. The molecule has 0 aromatic heterocycles. The fraction of sp³-hybridized carbons (Fsp3) is 0.188. The van der Waals surface area contributed by atoms with Crippen LogP contribution in [0.3, 0.4) is 0 Å². The van der Waals surface area contributed by atoms with Crippen molar-refractivity contribution in [3.05, 3.63) is 119 Å². The molecule has 1 aliphatic carbocycles. The van der Waals surface area contributed by atoms with Gasteiger partial charge in [0.15, 0.2) is 0 Å². The molecule has 0 unspecified atom stereocenters. The van der Waals surface area contributed by atoms with E-state index in [2.05, 4.69) is 0 Å². The number of rotatable bonds is 4. The van der Waals surface area contributed by atoms with E-state index >= 15 is 0 Å². The lowest BCUT2D eigenvalue weighted by molar-refractivity contribution is 0.0725. The van der Waals surface area contributed by atoms with Gasteiger partial charge in [-0.25, -0.2) is 9.59 Å². The normalized spacial score (nSPS) is 15.1. The Morgan fingerprint density at radius 1 is 0.595 bits per heavy atom. The van der Waals surface area contributed by atoms with Gasteiger partial charge in [0.05, 0.1) is 11.1 Å². The second-order valence-electron chi connectivity index (χ2n) is 9.57. The average Bonchev–Trinajstić information content (AvgIpc) is 2.94. The smallest absolute Gasteiger partial charge is 0.343 e. The van der Waals surface area contributed by atoms with Crippen molar-refractivity contribution in [1.29, 1.82) is 0 Å². The highest BCUT2D eigenvalue weighted by atomic mass is 16.5. The van der Waals surface area contributed by atoms with E-state index < -0.39 is 11.9 Å². The van der Waals surface area contributed by atoms with Crippen LogP contribution >= 0.6 is 0 Å². The first kappa shape index (κ1) is 23.0. The predicted octanol–water partition coefficient (Wildman–Crippen LogP) is 7.48.